The first-order valence-corrected chi connectivity index (χ1v) is 23.8. The van der Waals surface area contributed by atoms with Crippen LogP contribution in [0.4, 0.5) is 0 Å². The van der Waals surface area contributed by atoms with E-state index < -0.39 is 0 Å². The van der Waals surface area contributed by atoms with Crippen molar-refractivity contribution < 1.29 is 20.1 Å². The van der Waals surface area contributed by atoms with E-state index in [1.807, 2.05) is 67.1 Å². The van der Waals surface area contributed by atoms with E-state index in [9.17, 15) is 0 Å². The van der Waals surface area contributed by atoms with Crippen molar-refractivity contribution in [2.75, 3.05) is 0 Å². The Bertz CT molecular complexity index is 3340. The third-order valence-corrected chi connectivity index (χ3v) is 15.5. The largest absolute Gasteiger partial charge is 3.00 e. The zero-order valence-electron chi connectivity index (χ0n) is 40.3. The molecule has 4 heteroatoms. The predicted molar refractivity (Wildman–Crippen MR) is 285 cm³/mol. The Hall–Kier alpha value is -7.36. The van der Waals surface area contributed by atoms with Crippen molar-refractivity contribution in [1.82, 2.24) is 15.0 Å². The second kappa shape index (κ2) is 18.5. The maximum absolute atomic E-state index is 5.13. The van der Waals surface area contributed by atoms with E-state index in [0.717, 1.165) is 101 Å². The van der Waals surface area contributed by atoms with E-state index in [0.29, 0.717) is 0 Å². The number of hydrogen-bond donors (Lipinski definition) is 0. The minimum absolute atomic E-state index is 0. The molecule has 3 aromatic heterocycles. The van der Waals surface area contributed by atoms with Gasteiger partial charge in [0, 0.05) is 18.6 Å². The molecular weight excluding hydrogens is 1030 g/mol. The summed E-state index contributed by atoms with van der Waals surface area (Å²) in [6, 6.07) is 76.7. The van der Waals surface area contributed by atoms with Crippen LogP contribution in [0, 0.1) is 23.6 Å². The molecule has 1 aliphatic rings. The van der Waals surface area contributed by atoms with Crippen molar-refractivity contribution in [3.05, 3.63) is 236 Å². The third-order valence-electron chi connectivity index (χ3n) is 15.5. The van der Waals surface area contributed by atoms with Crippen molar-refractivity contribution >= 4 is 0 Å². The molecule has 10 aromatic rings. The van der Waals surface area contributed by atoms with Gasteiger partial charge in [0.2, 0.25) is 0 Å². The molecule has 3 heterocycles. The van der Waals surface area contributed by atoms with Crippen molar-refractivity contribution in [2.24, 2.45) is 5.41 Å². The Morgan fingerprint density at radius 1 is 0.329 bits per heavy atom. The third kappa shape index (κ3) is 8.15. The summed E-state index contributed by atoms with van der Waals surface area (Å²) >= 11 is 0. The summed E-state index contributed by atoms with van der Waals surface area (Å²) < 4.78 is 0. The maximum atomic E-state index is 5.13. The molecule has 7 aromatic carbocycles. The number of fused-ring (bicyclic) bond motifs is 1. The van der Waals surface area contributed by atoms with E-state index in [4.69, 9.17) is 15.0 Å². The van der Waals surface area contributed by atoms with Gasteiger partial charge in [0.05, 0.1) is 0 Å². The van der Waals surface area contributed by atoms with Gasteiger partial charge < -0.3 is 15.0 Å². The van der Waals surface area contributed by atoms with Crippen LogP contribution in [0.2, 0.25) is 0 Å². The van der Waals surface area contributed by atoms with Crippen LogP contribution in [0.5, 0.6) is 0 Å². The van der Waals surface area contributed by atoms with Gasteiger partial charge in [-0.15, -0.1) is 107 Å². The van der Waals surface area contributed by atoms with E-state index in [1.54, 1.807) is 0 Å². The van der Waals surface area contributed by atoms with Crippen LogP contribution < -0.4 is 0 Å². The molecule has 0 saturated carbocycles. The second-order valence-electron chi connectivity index (χ2n) is 19.8. The molecule has 0 bridgehead atoms. The Labute approximate surface area is 426 Å². The second-order valence-corrected chi connectivity index (χ2v) is 19.8. The number of rotatable bonds is 9. The molecule has 3 nitrogen and oxygen atoms in total. The first-order valence-electron chi connectivity index (χ1n) is 23.8. The summed E-state index contributed by atoms with van der Waals surface area (Å²) in [4.78, 5) is 15.0. The minimum atomic E-state index is -0.00549. The minimum Gasteiger partial charge on any atom is -0.304 e. The first kappa shape index (κ1) is 46.4. The van der Waals surface area contributed by atoms with E-state index in [1.165, 1.54) is 11.1 Å². The number of nitrogens with zero attached hydrogens (tertiary/aromatic N) is 3. The van der Waals surface area contributed by atoms with Crippen LogP contribution in [-0.2, 0) is 30.9 Å². The summed E-state index contributed by atoms with van der Waals surface area (Å²) in [7, 11) is 0. The molecule has 0 amide bonds. The molecule has 0 atom stereocenters. The van der Waals surface area contributed by atoms with Crippen LogP contribution >= 0.6 is 0 Å². The molecule has 11 rings (SSSR count). The van der Waals surface area contributed by atoms with Crippen molar-refractivity contribution in [3.63, 3.8) is 0 Å². The van der Waals surface area contributed by atoms with E-state index in [-0.39, 0.29) is 36.4 Å². The van der Waals surface area contributed by atoms with Gasteiger partial charge in [0.25, 0.3) is 0 Å². The van der Waals surface area contributed by atoms with Gasteiger partial charge in [-0.25, -0.2) is 0 Å². The number of hydrogen-bond acceptors (Lipinski definition) is 3. The Kier molecular flexibility index (Phi) is 12.3. The molecule has 0 spiro atoms. The molecule has 0 radical (unpaired) electrons. The first-order chi connectivity index (χ1) is 33.5. The van der Waals surface area contributed by atoms with Crippen LogP contribution in [-0.4, -0.2) is 15.0 Å². The fourth-order valence-electron chi connectivity index (χ4n) is 10.4. The summed E-state index contributed by atoms with van der Waals surface area (Å²) in [6.07, 6.45) is 5.99. The Morgan fingerprint density at radius 3 is 1.01 bits per heavy atom. The standard InChI is InChI=1S/C66H52N3.Ir/c1-64(2)59-33-29-46(40-60(59)65(3,4)66(64,5)6)63-36-32-49(43-69-63)55-25-15-18-28-58(55)52-38-50(56-26-16-13-23-53(56)47-30-34-61(67-41-47)44-19-9-7-10-20-44)37-51(39-52)57-27-17-14-24-54(57)48-31-35-62(68-42-48)45-21-11-8-12-22-45;/h7-19,21,23-28,30-43H,1-6H3;/q-3;+3. The smallest absolute Gasteiger partial charge is 0.304 e. The van der Waals surface area contributed by atoms with Gasteiger partial charge in [-0.05, 0) is 118 Å². The normalized spacial score (nSPS) is 14.1. The van der Waals surface area contributed by atoms with Crippen LogP contribution in [0.25, 0.3) is 101 Å². The molecule has 0 saturated heterocycles. The molecule has 0 unspecified atom stereocenters. The average molecular weight is 1080 g/mol. The van der Waals surface area contributed by atoms with Gasteiger partial charge in [0.15, 0.2) is 0 Å². The molecular formula is C66H52IrN3. The zero-order chi connectivity index (χ0) is 47.3. The van der Waals surface area contributed by atoms with E-state index >= 15 is 0 Å². The van der Waals surface area contributed by atoms with Gasteiger partial charge >= 0.3 is 20.1 Å². The topological polar surface area (TPSA) is 38.7 Å². The van der Waals surface area contributed by atoms with Crippen LogP contribution in [0.1, 0.15) is 52.7 Å². The monoisotopic (exact) mass is 1080 g/mol. The molecule has 0 fully saturated rings. The van der Waals surface area contributed by atoms with Crippen molar-refractivity contribution in [3.8, 4) is 101 Å². The van der Waals surface area contributed by atoms with Gasteiger partial charge in [-0.3, -0.25) is 0 Å². The molecule has 340 valence electrons. The number of aromatic nitrogens is 3. The maximum Gasteiger partial charge on any atom is 3.00 e. The quantitative estimate of drug-likeness (QED) is 0.135. The SMILES string of the molecule is CC1(C)c2c[c-]c(-c3ccc(-c4ccccc4-c4cc(-c5ccccc5-c5ccc(-c6[c-]cccc6)nc5)cc(-c5ccccc5-c5ccc(-c6[c-]cccc6)nc5)c4)cn3)cc2C(C)(C)C1(C)C.[Ir+3]. The Balaban J connectivity index is 0.00000567. The fraction of sp³-hybridized carbons (Fsp3) is 0.136. The molecule has 70 heavy (non-hydrogen) atoms. The summed E-state index contributed by atoms with van der Waals surface area (Å²) in [5, 5.41) is 0. The van der Waals surface area contributed by atoms with Gasteiger partial charge in [0.1, 0.15) is 0 Å². The van der Waals surface area contributed by atoms with Crippen LogP contribution in [0.15, 0.2) is 207 Å². The van der Waals surface area contributed by atoms with E-state index in [2.05, 4.69) is 199 Å². The van der Waals surface area contributed by atoms with Crippen LogP contribution in [0.3, 0.4) is 0 Å². The summed E-state index contributed by atoms with van der Waals surface area (Å²) in [5.74, 6) is 0. The molecule has 0 aliphatic heterocycles. The Morgan fingerprint density at radius 2 is 0.671 bits per heavy atom. The summed E-state index contributed by atoms with van der Waals surface area (Å²) in [6.45, 7) is 14.3. The number of benzene rings is 7. The predicted octanol–water partition coefficient (Wildman–Crippen LogP) is 16.9. The fourth-order valence-corrected chi connectivity index (χ4v) is 10.4. The van der Waals surface area contributed by atoms with Crippen molar-refractivity contribution in [2.45, 2.75) is 52.4 Å². The number of pyridine rings is 3. The summed E-state index contributed by atoms with van der Waals surface area (Å²) in [5.41, 5.74) is 21.7. The van der Waals surface area contributed by atoms with Gasteiger partial charge in [-0.1, -0.05) is 151 Å². The molecule has 1 aliphatic carbocycles. The van der Waals surface area contributed by atoms with Gasteiger partial charge in [-0.2, -0.15) is 0 Å². The zero-order valence-corrected chi connectivity index (χ0v) is 42.7. The average Bonchev–Trinajstić information content (AvgIpc) is 3.51. The molecule has 0 N–H and O–H groups in total. The van der Waals surface area contributed by atoms with Crippen molar-refractivity contribution in [1.29, 1.82) is 0 Å².